The van der Waals surface area contributed by atoms with Gasteiger partial charge < -0.3 is 4.74 Å². The fourth-order valence-electron chi connectivity index (χ4n) is 7.79. The van der Waals surface area contributed by atoms with Crippen molar-refractivity contribution in [3.8, 4) is 0 Å². The maximum absolute atomic E-state index is 12.3. The second kappa shape index (κ2) is 6.34. The van der Waals surface area contributed by atoms with Crippen LogP contribution >= 0.6 is 0 Å². The van der Waals surface area contributed by atoms with Gasteiger partial charge >= 0.3 is 5.97 Å². The van der Waals surface area contributed by atoms with Crippen molar-refractivity contribution in [2.45, 2.75) is 91.6 Å². The number of carbonyl (C=O) groups excluding carboxylic acids is 2. The maximum Gasteiger partial charge on any atom is 0.305 e. The first-order valence-electron chi connectivity index (χ1n) is 11.0. The molecule has 0 N–H and O–H groups in total. The van der Waals surface area contributed by atoms with E-state index < -0.39 is 0 Å². The van der Waals surface area contributed by atoms with Crippen molar-refractivity contribution in [3.63, 3.8) is 0 Å². The lowest BCUT2D eigenvalue weighted by atomic mass is 9.44. The summed E-state index contributed by atoms with van der Waals surface area (Å²) in [5.74, 6) is 3.53. The molecule has 0 aromatic carbocycles. The standard InChI is InChI=1S/C23H36O3/c1-5-21(25)26-20-9-8-17-16-7-6-15-12-19(24)14(2)13-23(15,4)18(16)10-11-22(17,20)3/h14-18,20H,5-13H2,1-4H3/t14-,15-,16+,17-,18+,20-,22+,23+/m0/s1. The molecule has 0 radical (unpaired) electrons. The molecule has 4 aliphatic rings. The van der Waals surface area contributed by atoms with Gasteiger partial charge in [0.05, 0.1) is 0 Å². The highest BCUT2D eigenvalue weighted by molar-refractivity contribution is 5.82. The summed E-state index contributed by atoms with van der Waals surface area (Å²) in [5.41, 5.74) is 0.515. The van der Waals surface area contributed by atoms with E-state index in [0.29, 0.717) is 29.5 Å². The Balaban J connectivity index is 1.57. The topological polar surface area (TPSA) is 43.4 Å². The van der Waals surface area contributed by atoms with Crippen LogP contribution in [-0.2, 0) is 14.3 Å². The fraction of sp³-hybridized carbons (Fsp3) is 0.913. The molecule has 0 aromatic rings. The van der Waals surface area contributed by atoms with Gasteiger partial charge in [0.25, 0.3) is 0 Å². The summed E-state index contributed by atoms with van der Waals surface area (Å²) in [7, 11) is 0. The largest absolute Gasteiger partial charge is 0.462 e. The molecule has 0 spiro atoms. The lowest BCUT2D eigenvalue weighted by Gasteiger charge is -2.60. The highest BCUT2D eigenvalue weighted by Gasteiger charge is 2.61. The molecule has 26 heavy (non-hydrogen) atoms. The smallest absolute Gasteiger partial charge is 0.305 e. The van der Waals surface area contributed by atoms with Crippen LogP contribution in [0.1, 0.15) is 85.5 Å². The van der Waals surface area contributed by atoms with E-state index in [2.05, 4.69) is 20.8 Å². The molecule has 4 fully saturated rings. The Morgan fingerprint density at radius 3 is 2.54 bits per heavy atom. The average molecular weight is 361 g/mol. The number of hydrogen-bond donors (Lipinski definition) is 0. The Hall–Kier alpha value is -0.860. The lowest BCUT2D eigenvalue weighted by molar-refractivity contribution is -0.165. The van der Waals surface area contributed by atoms with Crippen LogP contribution in [0, 0.1) is 40.4 Å². The van der Waals surface area contributed by atoms with Crippen molar-refractivity contribution in [1.29, 1.82) is 0 Å². The van der Waals surface area contributed by atoms with Crippen LogP contribution < -0.4 is 0 Å². The molecule has 0 aliphatic heterocycles. The van der Waals surface area contributed by atoms with E-state index in [-0.39, 0.29) is 23.4 Å². The monoisotopic (exact) mass is 360 g/mol. The molecule has 146 valence electrons. The number of ether oxygens (including phenoxy) is 1. The number of hydrogen-bond acceptors (Lipinski definition) is 3. The minimum atomic E-state index is -0.0331. The molecule has 8 atom stereocenters. The van der Waals surface area contributed by atoms with Crippen molar-refractivity contribution >= 4 is 11.8 Å². The highest BCUT2D eigenvalue weighted by atomic mass is 16.5. The quantitative estimate of drug-likeness (QED) is 0.638. The molecular formula is C23H36O3. The van der Waals surface area contributed by atoms with Crippen LogP contribution in [0.2, 0.25) is 0 Å². The molecular weight excluding hydrogens is 324 g/mol. The third-order valence-corrected chi connectivity index (χ3v) is 9.28. The van der Waals surface area contributed by atoms with Crippen LogP contribution in [0.3, 0.4) is 0 Å². The van der Waals surface area contributed by atoms with E-state index in [4.69, 9.17) is 4.74 Å². The van der Waals surface area contributed by atoms with E-state index in [1.165, 1.54) is 32.1 Å². The van der Waals surface area contributed by atoms with Crippen LogP contribution in [0.25, 0.3) is 0 Å². The predicted molar refractivity (Wildman–Crippen MR) is 101 cm³/mol. The Bertz CT molecular complexity index is 598. The van der Waals surface area contributed by atoms with E-state index in [9.17, 15) is 9.59 Å². The molecule has 0 bridgehead atoms. The van der Waals surface area contributed by atoms with Crippen molar-refractivity contribution in [3.05, 3.63) is 0 Å². The molecule has 0 saturated heterocycles. The Morgan fingerprint density at radius 1 is 1.08 bits per heavy atom. The van der Waals surface area contributed by atoms with Gasteiger partial charge in [-0.05, 0) is 74.0 Å². The van der Waals surface area contributed by atoms with E-state index >= 15 is 0 Å². The minimum Gasteiger partial charge on any atom is -0.462 e. The van der Waals surface area contributed by atoms with Crippen LogP contribution in [0.4, 0.5) is 0 Å². The van der Waals surface area contributed by atoms with Gasteiger partial charge in [-0.3, -0.25) is 9.59 Å². The zero-order valence-corrected chi connectivity index (χ0v) is 17.1. The van der Waals surface area contributed by atoms with Crippen LogP contribution in [0.15, 0.2) is 0 Å². The van der Waals surface area contributed by atoms with Crippen molar-refractivity contribution in [1.82, 2.24) is 0 Å². The van der Waals surface area contributed by atoms with E-state index in [0.717, 1.165) is 31.1 Å². The number of Topliss-reactive ketones (excluding diaryl/α,β-unsaturated/α-hetero) is 1. The number of esters is 1. The molecule has 4 aliphatic carbocycles. The van der Waals surface area contributed by atoms with Gasteiger partial charge in [0.15, 0.2) is 0 Å². The van der Waals surface area contributed by atoms with E-state index in [1.807, 2.05) is 6.92 Å². The second-order valence-corrected chi connectivity index (χ2v) is 10.4. The molecule has 0 aromatic heterocycles. The third-order valence-electron chi connectivity index (χ3n) is 9.28. The normalized spacial score (nSPS) is 50.5. The van der Waals surface area contributed by atoms with Gasteiger partial charge in [-0.1, -0.05) is 27.7 Å². The maximum atomic E-state index is 12.3. The van der Waals surface area contributed by atoms with Crippen molar-refractivity contribution < 1.29 is 14.3 Å². The molecule has 3 heteroatoms. The van der Waals surface area contributed by atoms with Gasteiger partial charge in [-0.2, -0.15) is 0 Å². The Labute approximate surface area is 158 Å². The van der Waals surface area contributed by atoms with Gasteiger partial charge in [0, 0.05) is 24.2 Å². The summed E-state index contributed by atoms with van der Waals surface area (Å²) in [5, 5.41) is 0. The van der Waals surface area contributed by atoms with Crippen LogP contribution in [-0.4, -0.2) is 17.9 Å². The predicted octanol–water partition coefficient (Wildman–Crippen LogP) is 5.17. The first kappa shape index (κ1) is 18.5. The number of fused-ring (bicyclic) bond motifs is 5. The second-order valence-electron chi connectivity index (χ2n) is 10.4. The molecule has 0 amide bonds. The fourth-order valence-corrected chi connectivity index (χ4v) is 7.79. The van der Waals surface area contributed by atoms with Crippen LogP contribution in [0.5, 0.6) is 0 Å². The number of rotatable bonds is 2. The number of carbonyl (C=O) groups is 2. The minimum absolute atomic E-state index is 0.0331. The van der Waals surface area contributed by atoms with E-state index in [1.54, 1.807) is 0 Å². The zero-order chi connectivity index (χ0) is 18.7. The third kappa shape index (κ3) is 2.59. The average Bonchev–Trinajstić information content (AvgIpc) is 2.93. The SMILES string of the molecule is CCC(=O)O[C@H]1CC[C@H]2[C@H]3CC[C@H]4CC(=O)[C@@H](C)C[C@@]4(C)[C@@H]3CC[C@@]12C. The molecule has 0 heterocycles. The Kier molecular flexibility index (Phi) is 4.51. The first-order chi connectivity index (χ1) is 12.3. The summed E-state index contributed by atoms with van der Waals surface area (Å²) in [6, 6.07) is 0. The number of ketones is 1. The summed E-state index contributed by atoms with van der Waals surface area (Å²) in [6.07, 6.45) is 9.72. The van der Waals surface area contributed by atoms with Crippen molar-refractivity contribution in [2.75, 3.05) is 0 Å². The zero-order valence-electron chi connectivity index (χ0n) is 17.1. The summed E-state index contributed by atoms with van der Waals surface area (Å²) >= 11 is 0. The molecule has 4 saturated carbocycles. The van der Waals surface area contributed by atoms with Gasteiger partial charge in [0.1, 0.15) is 11.9 Å². The molecule has 0 unspecified atom stereocenters. The van der Waals surface area contributed by atoms with Gasteiger partial charge in [0.2, 0.25) is 0 Å². The highest BCUT2D eigenvalue weighted by Crippen LogP contribution is 2.66. The summed E-state index contributed by atoms with van der Waals surface area (Å²) in [4.78, 5) is 24.2. The molecule has 4 rings (SSSR count). The van der Waals surface area contributed by atoms with Crippen molar-refractivity contribution in [2.24, 2.45) is 40.4 Å². The van der Waals surface area contributed by atoms with Gasteiger partial charge in [-0.25, -0.2) is 0 Å². The first-order valence-corrected chi connectivity index (χ1v) is 11.0. The lowest BCUT2D eigenvalue weighted by Crippen LogP contribution is -2.55. The summed E-state index contributed by atoms with van der Waals surface area (Å²) in [6.45, 7) is 8.94. The van der Waals surface area contributed by atoms with Gasteiger partial charge in [-0.15, -0.1) is 0 Å². The summed E-state index contributed by atoms with van der Waals surface area (Å²) < 4.78 is 5.89. The molecule has 3 nitrogen and oxygen atoms in total. The Morgan fingerprint density at radius 2 is 1.81 bits per heavy atom.